The number of aromatic nitrogens is 1. The van der Waals surface area contributed by atoms with E-state index in [2.05, 4.69) is 10.3 Å². The minimum atomic E-state index is -0.945. The van der Waals surface area contributed by atoms with E-state index >= 15 is 0 Å². The number of amides is 1. The van der Waals surface area contributed by atoms with Gasteiger partial charge < -0.3 is 10.1 Å². The summed E-state index contributed by atoms with van der Waals surface area (Å²) < 4.78 is 6.28. The average molecular weight is 423 g/mol. The number of esters is 1. The molecule has 0 spiro atoms. The second kappa shape index (κ2) is 8.69. The Morgan fingerprint density at radius 2 is 2.00 bits per heavy atom. The van der Waals surface area contributed by atoms with Crippen LogP contribution in [-0.2, 0) is 20.7 Å². The number of para-hydroxylation sites is 1. The van der Waals surface area contributed by atoms with Gasteiger partial charge in [0.05, 0.1) is 32.4 Å². The second-order valence-corrected chi connectivity index (χ2v) is 7.78. The van der Waals surface area contributed by atoms with E-state index in [0.29, 0.717) is 22.2 Å². The van der Waals surface area contributed by atoms with Crippen LogP contribution in [0.5, 0.6) is 0 Å². The lowest BCUT2D eigenvalue weighted by atomic mass is 10.3. The topological polar surface area (TPSA) is 68.3 Å². The molecule has 0 bridgehead atoms. The molecule has 3 rings (SSSR count). The third kappa shape index (κ3) is 5.19. The van der Waals surface area contributed by atoms with Gasteiger partial charge in [-0.05, 0) is 37.3 Å². The standard InChI is InChI=1S/C19H16Cl2N2O3S/c1-11(19(25)23-14-7-6-12(20)10-13(14)21)26-18(24)9-8-17-22-15-4-2-3-5-16(15)27-17/h2-7,10-11H,8-9H2,1H3,(H,23,25)/t11-/m1/s1. The van der Waals surface area contributed by atoms with Crippen molar-refractivity contribution in [1.29, 1.82) is 0 Å². The predicted octanol–water partition coefficient (Wildman–Crippen LogP) is 5.11. The minimum absolute atomic E-state index is 0.152. The van der Waals surface area contributed by atoms with Crippen molar-refractivity contribution < 1.29 is 14.3 Å². The number of aryl methyl sites for hydroxylation is 1. The molecule has 0 saturated heterocycles. The van der Waals surface area contributed by atoms with Crippen molar-refractivity contribution in [1.82, 2.24) is 4.98 Å². The molecule has 0 fully saturated rings. The smallest absolute Gasteiger partial charge is 0.306 e. The van der Waals surface area contributed by atoms with Crippen LogP contribution in [0.25, 0.3) is 10.2 Å². The fraction of sp³-hybridized carbons (Fsp3) is 0.211. The van der Waals surface area contributed by atoms with Crippen molar-refractivity contribution >= 4 is 62.3 Å². The van der Waals surface area contributed by atoms with Crippen LogP contribution >= 0.6 is 34.5 Å². The lowest BCUT2D eigenvalue weighted by Gasteiger charge is -2.14. The van der Waals surface area contributed by atoms with Crippen molar-refractivity contribution in [2.45, 2.75) is 25.9 Å². The van der Waals surface area contributed by atoms with E-state index in [1.807, 2.05) is 24.3 Å². The molecule has 1 atom stereocenters. The molecule has 0 radical (unpaired) electrons. The number of anilines is 1. The molecule has 8 heteroatoms. The summed E-state index contributed by atoms with van der Waals surface area (Å²) in [5.74, 6) is -0.924. The molecule has 0 saturated carbocycles. The lowest BCUT2D eigenvalue weighted by Crippen LogP contribution is -2.30. The fourth-order valence-corrected chi connectivity index (χ4v) is 3.79. The Balaban J connectivity index is 1.51. The molecule has 27 heavy (non-hydrogen) atoms. The zero-order chi connectivity index (χ0) is 19.4. The summed E-state index contributed by atoms with van der Waals surface area (Å²) >= 11 is 13.4. The van der Waals surface area contributed by atoms with Gasteiger partial charge in [0.25, 0.3) is 5.91 Å². The van der Waals surface area contributed by atoms with E-state index < -0.39 is 18.0 Å². The number of ether oxygens (including phenoxy) is 1. The van der Waals surface area contributed by atoms with Crippen LogP contribution in [-0.4, -0.2) is 23.0 Å². The van der Waals surface area contributed by atoms with Crippen LogP contribution in [0.3, 0.4) is 0 Å². The van der Waals surface area contributed by atoms with Crippen molar-refractivity contribution in [2.75, 3.05) is 5.32 Å². The van der Waals surface area contributed by atoms with Crippen LogP contribution in [0.4, 0.5) is 5.69 Å². The number of hydrogen-bond acceptors (Lipinski definition) is 5. The molecule has 1 amide bonds. The maximum atomic E-state index is 12.2. The van der Waals surface area contributed by atoms with Crippen LogP contribution in [0.2, 0.25) is 10.0 Å². The van der Waals surface area contributed by atoms with E-state index in [1.54, 1.807) is 23.5 Å². The number of thiazole rings is 1. The van der Waals surface area contributed by atoms with Crippen LogP contribution in [0.1, 0.15) is 18.4 Å². The summed E-state index contributed by atoms with van der Waals surface area (Å²) in [5, 5.41) is 4.25. The van der Waals surface area contributed by atoms with Gasteiger partial charge in [-0.3, -0.25) is 9.59 Å². The molecular formula is C19H16Cl2N2O3S. The van der Waals surface area contributed by atoms with Gasteiger partial charge in [-0.25, -0.2) is 4.98 Å². The van der Waals surface area contributed by atoms with Gasteiger partial charge in [0, 0.05) is 11.4 Å². The van der Waals surface area contributed by atoms with Gasteiger partial charge in [-0.2, -0.15) is 0 Å². The Morgan fingerprint density at radius 1 is 1.22 bits per heavy atom. The molecule has 2 aromatic carbocycles. The number of benzene rings is 2. The van der Waals surface area contributed by atoms with Crippen molar-refractivity contribution in [3.05, 3.63) is 57.5 Å². The fourth-order valence-electron chi connectivity index (χ4n) is 2.37. The number of nitrogens with zero attached hydrogens (tertiary/aromatic N) is 1. The molecule has 1 aromatic heterocycles. The third-order valence-corrected chi connectivity index (χ3v) is 5.39. The summed E-state index contributed by atoms with van der Waals surface area (Å²) in [6.45, 7) is 1.51. The summed E-state index contributed by atoms with van der Waals surface area (Å²) in [5.41, 5.74) is 1.32. The first-order valence-corrected chi connectivity index (χ1v) is 9.79. The quantitative estimate of drug-likeness (QED) is 0.560. The van der Waals surface area contributed by atoms with Gasteiger partial charge in [0.1, 0.15) is 0 Å². The maximum Gasteiger partial charge on any atom is 0.306 e. The maximum absolute atomic E-state index is 12.2. The Labute approximate surface area is 170 Å². The van der Waals surface area contributed by atoms with Crippen LogP contribution in [0.15, 0.2) is 42.5 Å². The number of carbonyl (C=O) groups is 2. The first-order chi connectivity index (χ1) is 12.9. The summed E-state index contributed by atoms with van der Waals surface area (Å²) in [6.07, 6.45) is -0.325. The highest BCUT2D eigenvalue weighted by atomic mass is 35.5. The van der Waals surface area contributed by atoms with Crippen molar-refractivity contribution in [2.24, 2.45) is 0 Å². The number of nitrogens with one attached hydrogen (secondary N) is 1. The number of hydrogen-bond donors (Lipinski definition) is 1. The van der Waals surface area contributed by atoms with Gasteiger partial charge in [-0.15, -0.1) is 11.3 Å². The largest absolute Gasteiger partial charge is 0.453 e. The van der Waals surface area contributed by atoms with E-state index in [0.717, 1.165) is 15.2 Å². The van der Waals surface area contributed by atoms with E-state index in [-0.39, 0.29) is 6.42 Å². The molecule has 0 unspecified atom stereocenters. The third-order valence-electron chi connectivity index (χ3n) is 3.75. The number of carbonyl (C=O) groups excluding carboxylic acids is 2. The van der Waals surface area contributed by atoms with Crippen LogP contribution in [0, 0.1) is 0 Å². The van der Waals surface area contributed by atoms with Gasteiger partial charge in [0.15, 0.2) is 6.10 Å². The predicted molar refractivity (Wildman–Crippen MR) is 109 cm³/mol. The van der Waals surface area contributed by atoms with Crippen molar-refractivity contribution in [3.8, 4) is 0 Å². The lowest BCUT2D eigenvalue weighted by molar-refractivity contribution is -0.153. The van der Waals surface area contributed by atoms with E-state index in [9.17, 15) is 9.59 Å². The number of halogens is 2. The summed E-state index contributed by atoms with van der Waals surface area (Å²) in [7, 11) is 0. The normalized spacial score (nSPS) is 12.0. The highest BCUT2D eigenvalue weighted by Gasteiger charge is 2.19. The molecule has 140 valence electrons. The highest BCUT2D eigenvalue weighted by molar-refractivity contribution is 7.18. The average Bonchev–Trinajstić information content (AvgIpc) is 3.05. The Bertz CT molecular complexity index is 957. The molecule has 5 nitrogen and oxygen atoms in total. The van der Waals surface area contributed by atoms with E-state index in [1.165, 1.54) is 13.0 Å². The Morgan fingerprint density at radius 3 is 2.74 bits per heavy atom. The first kappa shape index (κ1) is 19.6. The number of fused-ring (bicyclic) bond motifs is 1. The molecule has 1 N–H and O–H groups in total. The zero-order valence-electron chi connectivity index (χ0n) is 14.4. The van der Waals surface area contributed by atoms with Gasteiger partial charge >= 0.3 is 5.97 Å². The summed E-state index contributed by atoms with van der Waals surface area (Å²) in [4.78, 5) is 28.7. The monoisotopic (exact) mass is 422 g/mol. The molecule has 0 aliphatic heterocycles. The SMILES string of the molecule is C[C@@H](OC(=O)CCc1nc2ccccc2s1)C(=O)Nc1ccc(Cl)cc1Cl. The summed E-state index contributed by atoms with van der Waals surface area (Å²) in [6, 6.07) is 12.5. The molecule has 1 heterocycles. The number of rotatable bonds is 6. The second-order valence-electron chi connectivity index (χ2n) is 5.82. The first-order valence-electron chi connectivity index (χ1n) is 8.22. The molecule has 0 aliphatic rings. The molecular weight excluding hydrogens is 407 g/mol. The van der Waals surface area contributed by atoms with Gasteiger partial charge in [0.2, 0.25) is 0 Å². The Hall–Kier alpha value is -2.15. The van der Waals surface area contributed by atoms with E-state index in [4.69, 9.17) is 27.9 Å². The molecule has 0 aliphatic carbocycles. The Kier molecular flexibility index (Phi) is 6.31. The van der Waals surface area contributed by atoms with Crippen molar-refractivity contribution in [3.63, 3.8) is 0 Å². The highest BCUT2D eigenvalue weighted by Crippen LogP contribution is 2.26. The molecule has 3 aromatic rings. The zero-order valence-corrected chi connectivity index (χ0v) is 16.7. The van der Waals surface area contributed by atoms with Crippen LogP contribution < -0.4 is 5.32 Å². The minimum Gasteiger partial charge on any atom is -0.453 e. The van der Waals surface area contributed by atoms with Gasteiger partial charge in [-0.1, -0.05) is 35.3 Å².